The minimum Gasteiger partial charge on any atom is -0.454 e. The van der Waals surface area contributed by atoms with E-state index in [2.05, 4.69) is 71.0 Å². The number of hydrogen-bond donors (Lipinski definition) is 0. The fourth-order valence-corrected chi connectivity index (χ4v) is 6.07. The summed E-state index contributed by atoms with van der Waals surface area (Å²) in [6.45, 7) is 5.61. The van der Waals surface area contributed by atoms with E-state index in [4.69, 9.17) is 35.5 Å². The van der Waals surface area contributed by atoms with Crippen LogP contribution in [0.15, 0.2) is 91.0 Å². The van der Waals surface area contributed by atoms with Gasteiger partial charge in [0, 0.05) is 37.3 Å². The lowest BCUT2D eigenvalue weighted by atomic mass is 10.1. The molecule has 224 valence electrons. The molecule has 7 rings (SSSR count). The fourth-order valence-electron chi connectivity index (χ4n) is 5.85. The number of fused-ring (bicyclic) bond motifs is 2. The van der Waals surface area contributed by atoms with Crippen molar-refractivity contribution in [2.45, 2.75) is 45.9 Å². The molecule has 2 aliphatic heterocycles. The first kappa shape index (κ1) is 28.3. The molecule has 3 heterocycles. The van der Waals surface area contributed by atoms with Gasteiger partial charge >= 0.3 is 0 Å². The van der Waals surface area contributed by atoms with Gasteiger partial charge in [-0.05, 0) is 53.9 Å². The second kappa shape index (κ2) is 12.6. The largest absolute Gasteiger partial charge is 0.454 e. The van der Waals surface area contributed by atoms with E-state index in [-0.39, 0.29) is 13.6 Å². The van der Waals surface area contributed by atoms with Crippen LogP contribution in [0.25, 0.3) is 22.6 Å². The summed E-state index contributed by atoms with van der Waals surface area (Å²) < 4.78 is 25.0. The summed E-state index contributed by atoms with van der Waals surface area (Å²) in [5.74, 6) is 4.02. The van der Waals surface area contributed by atoms with Crippen molar-refractivity contribution in [1.29, 1.82) is 0 Å². The number of hydrogen-bond acceptors (Lipinski definition) is 6. The van der Waals surface area contributed by atoms with Gasteiger partial charge in [-0.15, -0.1) is 0 Å². The average Bonchev–Trinajstić information content (AvgIpc) is 3.79. The Bertz CT molecular complexity index is 1710. The van der Waals surface area contributed by atoms with Gasteiger partial charge in [0.25, 0.3) is 0 Å². The van der Waals surface area contributed by atoms with Gasteiger partial charge in [0.1, 0.15) is 5.82 Å². The molecule has 5 aromatic rings. The number of imidazole rings is 1. The highest BCUT2D eigenvalue weighted by Crippen LogP contribution is 2.37. The Kier molecular flexibility index (Phi) is 8.14. The maximum absolute atomic E-state index is 6.78. The molecule has 1 aromatic heterocycles. The van der Waals surface area contributed by atoms with E-state index in [1.165, 1.54) is 0 Å². The van der Waals surface area contributed by atoms with Crippen LogP contribution in [0, 0.1) is 0 Å². The third-order valence-corrected chi connectivity index (χ3v) is 8.36. The number of halogens is 1. The number of ether oxygens (including phenoxy) is 4. The summed E-state index contributed by atoms with van der Waals surface area (Å²) in [6, 6.07) is 30.8. The van der Waals surface area contributed by atoms with E-state index in [9.17, 15) is 0 Å². The molecule has 0 fully saturated rings. The number of rotatable bonds is 11. The van der Waals surface area contributed by atoms with Gasteiger partial charge < -0.3 is 23.5 Å². The monoisotopic (exact) mass is 607 g/mol. The Hall–Kier alpha value is -4.46. The zero-order valence-corrected chi connectivity index (χ0v) is 25.4. The second-order valence-electron chi connectivity index (χ2n) is 11.1. The predicted molar refractivity (Wildman–Crippen MR) is 171 cm³/mol. The zero-order chi connectivity index (χ0) is 29.9. The zero-order valence-electron chi connectivity index (χ0n) is 24.7. The van der Waals surface area contributed by atoms with Crippen molar-refractivity contribution in [3.63, 3.8) is 0 Å². The molecule has 0 atom stereocenters. The Labute approximate surface area is 262 Å². The predicted octanol–water partition coefficient (Wildman–Crippen LogP) is 8.33. The summed E-state index contributed by atoms with van der Waals surface area (Å²) in [4.78, 5) is 7.75. The van der Waals surface area contributed by atoms with Crippen LogP contribution >= 0.6 is 11.6 Å². The average molecular weight is 608 g/mol. The lowest BCUT2D eigenvalue weighted by Crippen LogP contribution is -2.24. The first-order chi connectivity index (χ1) is 21.7. The SMILES string of the molecule is CCCCn1c(-c2ccccc2Cl)nc(-c2ccccc2)c1CN(Cc1ccc2c(c1)OCO2)Cc1ccc2c(c1)OCO2. The molecule has 0 spiro atoms. The topological polar surface area (TPSA) is 58.0 Å². The van der Waals surface area contributed by atoms with E-state index < -0.39 is 0 Å². The summed E-state index contributed by atoms with van der Waals surface area (Å²) in [5, 5.41) is 0.694. The van der Waals surface area contributed by atoms with Crippen LogP contribution in [0.4, 0.5) is 0 Å². The minimum atomic E-state index is 0.252. The van der Waals surface area contributed by atoms with Crippen molar-refractivity contribution < 1.29 is 18.9 Å². The van der Waals surface area contributed by atoms with Gasteiger partial charge in [0.05, 0.1) is 16.4 Å². The third-order valence-electron chi connectivity index (χ3n) is 8.03. The third kappa shape index (κ3) is 5.85. The van der Waals surface area contributed by atoms with Crippen LogP contribution in [0.2, 0.25) is 5.02 Å². The normalized spacial score (nSPS) is 13.2. The van der Waals surface area contributed by atoms with E-state index >= 15 is 0 Å². The lowest BCUT2D eigenvalue weighted by Gasteiger charge is -2.25. The molecular formula is C36H34ClN3O4. The summed E-state index contributed by atoms with van der Waals surface area (Å²) in [7, 11) is 0. The summed E-state index contributed by atoms with van der Waals surface area (Å²) in [5.41, 5.74) is 6.42. The van der Waals surface area contributed by atoms with Crippen molar-refractivity contribution in [3.05, 3.63) is 113 Å². The van der Waals surface area contributed by atoms with Crippen LogP contribution in [0.3, 0.4) is 0 Å². The van der Waals surface area contributed by atoms with Crippen molar-refractivity contribution >= 4 is 11.6 Å². The first-order valence-electron chi connectivity index (χ1n) is 15.1. The highest BCUT2D eigenvalue weighted by molar-refractivity contribution is 6.33. The van der Waals surface area contributed by atoms with E-state index in [1.54, 1.807) is 0 Å². The van der Waals surface area contributed by atoms with Crippen LogP contribution in [0.1, 0.15) is 36.6 Å². The highest BCUT2D eigenvalue weighted by atomic mass is 35.5. The van der Waals surface area contributed by atoms with Crippen molar-refractivity contribution in [2.24, 2.45) is 0 Å². The van der Waals surface area contributed by atoms with Gasteiger partial charge in [-0.3, -0.25) is 4.90 Å². The van der Waals surface area contributed by atoms with Gasteiger partial charge in [0.15, 0.2) is 23.0 Å². The summed E-state index contributed by atoms with van der Waals surface area (Å²) >= 11 is 6.78. The molecular weight excluding hydrogens is 574 g/mol. The van der Waals surface area contributed by atoms with Crippen LogP contribution in [-0.2, 0) is 26.2 Å². The Morgan fingerprint density at radius 3 is 1.98 bits per heavy atom. The number of aromatic nitrogens is 2. The molecule has 44 heavy (non-hydrogen) atoms. The van der Waals surface area contributed by atoms with Crippen LogP contribution in [0.5, 0.6) is 23.0 Å². The van der Waals surface area contributed by atoms with Gasteiger partial charge in [-0.2, -0.15) is 0 Å². The minimum absolute atomic E-state index is 0.252. The Balaban J connectivity index is 1.32. The van der Waals surface area contributed by atoms with Crippen LogP contribution in [-0.4, -0.2) is 28.0 Å². The molecule has 2 aliphatic rings. The van der Waals surface area contributed by atoms with Gasteiger partial charge in [-0.25, -0.2) is 4.98 Å². The molecule has 0 amide bonds. The molecule has 0 N–H and O–H groups in total. The molecule has 7 nitrogen and oxygen atoms in total. The van der Waals surface area contributed by atoms with Gasteiger partial charge in [-0.1, -0.05) is 79.5 Å². The Morgan fingerprint density at radius 2 is 1.34 bits per heavy atom. The van der Waals surface area contributed by atoms with Gasteiger partial charge in [0.2, 0.25) is 13.6 Å². The molecule has 4 aromatic carbocycles. The van der Waals surface area contributed by atoms with E-state index in [1.807, 2.05) is 36.4 Å². The van der Waals surface area contributed by atoms with E-state index in [0.717, 1.165) is 81.9 Å². The molecule has 0 unspecified atom stereocenters. The van der Waals surface area contributed by atoms with E-state index in [0.29, 0.717) is 24.7 Å². The molecule has 0 saturated carbocycles. The molecule has 0 saturated heterocycles. The lowest BCUT2D eigenvalue weighted by molar-refractivity contribution is 0.173. The number of unbranched alkanes of at least 4 members (excludes halogenated alkanes) is 1. The standard InChI is InChI=1S/C36H34ClN3O4/c1-2-3-17-40-30(35(27-9-5-4-6-10-27)38-36(40)28-11-7-8-12-29(28)37)22-39(20-25-13-15-31-33(18-25)43-23-41-31)21-26-14-16-32-34(19-26)44-24-42-32/h4-16,18-19H,2-3,17,20-24H2,1H3. The Morgan fingerprint density at radius 1 is 0.727 bits per heavy atom. The van der Waals surface area contributed by atoms with Crippen molar-refractivity contribution in [1.82, 2.24) is 14.5 Å². The summed E-state index contributed by atoms with van der Waals surface area (Å²) in [6.07, 6.45) is 2.09. The van der Waals surface area contributed by atoms with Crippen LogP contribution < -0.4 is 18.9 Å². The quantitative estimate of drug-likeness (QED) is 0.150. The second-order valence-corrected chi connectivity index (χ2v) is 11.5. The fraction of sp³-hybridized carbons (Fsp3) is 0.250. The van der Waals surface area contributed by atoms with Crippen molar-refractivity contribution in [2.75, 3.05) is 13.6 Å². The molecule has 0 bridgehead atoms. The number of nitrogens with zero attached hydrogens (tertiary/aromatic N) is 3. The maximum Gasteiger partial charge on any atom is 0.231 e. The van der Waals surface area contributed by atoms with Crippen molar-refractivity contribution in [3.8, 4) is 45.6 Å². The molecule has 0 aliphatic carbocycles. The first-order valence-corrected chi connectivity index (χ1v) is 15.4. The molecule has 0 radical (unpaired) electrons. The smallest absolute Gasteiger partial charge is 0.231 e. The molecule has 8 heteroatoms. The maximum atomic E-state index is 6.78. The highest BCUT2D eigenvalue weighted by Gasteiger charge is 2.24. The number of benzene rings is 4.